The minimum atomic E-state index is 0.553. The normalized spacial score (nSPS) is 11.1. The Labute approximate surface area is 153 Å². The van der Waals surface area contributed by atoms with E-state index in [1.807, 2.05) is 48.7 Å². The topological polar surface area (TPSA) is 103 Å². The Kier molecular flexibility index (Phi) is 3.60. The number of H-pyrrole nitrogens is 1. The number of rotatable bonds is 5. The Morgan fingerprint density at radius 2 is 1.96 bits per heavy atom. The molecule has 0 unspecified atom stereocenters. The van der Waals surface area contributed by atoms with Crippen LogP contribution in [0.3, 0.4) is 0 Å². The van der Waals surface area contributed by atoms with Crippen LogP contribution in [-0.4, -0.2) is 40.0 Å². The molecule has 0 aliphatic rings. The van der Waals surface area contributed by atoms with Gasteiger partial charge in [-0.25, -0.2) is 14.3 Å². The van der Waals surface area contributed by atoms with Crippen LogP contribution < -0.4 is 0 Å². The van der Waals surface area contributed by atoms with Crippen molar-refractivity contribution in [3.05, 3.63) is 73.1 Å². The highest BCUT2D eigenvalue weighted by Crippen LogP contribution is 2.26. The zero-order valence-electron chi connectivity index (χ0n) is 14.1. The molecular weight excluding hydrogens is 344 g/mol. The fourth-order valence-corrected chi connectivity index (χ4v) is 2.88. The predicted molar refractivity (Wildman–Crippen MR) is 95.8 cm³/mol. The Morgan fingerprint density at radius 1 is 1.04 bits per heavy atom. The fourth-order valence-electron chi connectivity index (χ4n) is 2.88. The maximum absolute atomic E-state index is 5.85. The molecule has 0 aliphatic heterocycles. The average Bonchev–Trinajstić information content (AvgIpc) is 3.49. The van der Waals surface area contributed by atoms with Crippen LogP contribution in [0.2, 0.25) is 0 Å². The second-order valence-electron chi connectivity index (χ2n) is 5.90. The molecule has 0 atom stereocenters. The summed E-state index contributed by atoms with van der Waals surface area (Å²) in [6, 6.07) is 13.6. The molecule has 0 radical (unpaired) electrons. The number of aromatic amines is 1. The lowest BCUT2D eigenvalue weighted by Gasteiger charge is -2.08. The molecule has 0 fully saturated rings. The molecule has 1 N–H and O–H groups in total. The molecule has 0 saturated carbocycles. The monoisotopic (exact) mass is 358 g/mol. The van der Waals surface area contributed by atoms with Gasteiger partial charge >= 0.3 is 0 Å². The summed E-state index contributed by atoms with van der Waals surface area (Å²) in [5.74, 6) is 1.35. The van der Waals surface area contributed by atoms with Crippen molar-refractivity contribution in [1.82, 2.24) is 40.0 Å². The van der Waals surface area contributed by atoms with E-state index in [0.717, 1.165) is 16.9 Å². The number of para-hydroxylation sites is 1. The molecule has 1 aromatic carbocycles. The van der Waals surface area contributed by atoms with Gasteiger partial charge in [0.15, 0.2) is 11.5 Å². The number of benzene rings is 1. The van der Waals surface area contributed by atoms with Crippen LogP contribution in [0, 0.1) is 0 Å². The molecular formula is C18H14N8O. The van der Waals surface area contributed by atoms with E-state index < -0.39 is 0 Å². The predicted octanol–water partition coefficient (Wildman–Crippen LogP) is 2.56. The van der Waals surface area contributed by atoms with Crippen LogP contribution in [-0.2, 0) is 6.54 Å². The lowest BCUT2D eigenvalue weighted by molar-refractivity contribution is 0.592. The molecule has 9 nitrogen and oxygen atoms in total. The number of hydrogen-bond acceptors (Lipinski definition) is 6. The van der Waals surface area contributed by atoms with E-state index in [-0.39, 0.29) is 0 Å². The quantitative estimate of drug-likeness (QED) is 0.518. The van der Waals surface area contributed by atoms with Crippen LogP contribution in [0.5, 0.6) is 0 Å². The van der Waals surface area contributed by atoms with Crippen molar-refractivity contribution < 1.29 is 4.42 Å². The number of nitrogens with one attached hydrogen (secondary N) is 1. The third kappa shape index (κ3) is 2.91. The Hall–Kier alpha value is -4.01. The molecule has 0 saturated heterocycles. The molecule has 0 amide bonds. The second-order valence-corrected chi connectivity index (χ2v) is 5.90. The lowest BCUT2D eigenvalue weighted by atomic mass is 10.2. The number of hydrogen-bond donors (Lipinski definition) is 1. The molecule has 0 aliphatic carbocycles. The number of furan rings is 1. The van der Waals surface area contributed by atoms with Gasteiger partial charge in [0.05, 0.1) is 18.4 Å². The summed E-state index contributed by atoms with van der Waals surface area (Å²) in [7, 11) is 0. The molecule has 0 spiro atoms. The zero-order valence-corrected chi connectivity index (χ0v) is 14.1. The Bertz CT molecular complexity index is 1150. The third-order valence-electron chi connectivity index (χ3n) is 4.15. The summed E-state index contributed by atoms with van der Waals surface area (Å²) in [5.41, 5.74) is 3.48. The van der Waals surface area contributed by atoms with Crippen molar-refractivity contribution in [3.63, 3.8) is 0 Å². The van der Waals surface area contributed by atoms with Gasteiger partial charge in [-0.3, -0.25) is 5.10 Å². The lowest BCUT2D eigenvalue weighted by Crippen LogP contribution is -2.06. The van der Waals surface area contributed by atoms with Crippen molar-refractivity contribution in [1.29, 1.82) is 0 Å². The first-order valence-corrected chi connectivity index (χ1v) is 8.30. The number of aromatic nitrogens is 8. The average molecular weight is 358 g/mol. The molecule has 5 rings (SSSR count). The van der Waals surface area contributed by atoms with Gasteiger partial charge in [0.2, 0.25) is 0 Å². The zero-order chi connectivity index (χ0) is 18.1. The first kappa shape index (κ1) is 15.3. The largest absolute Gasteiger partial charge is 0.453 e. The summed E-state index contributed by atoms with van der Waals surface area (Å²) in [5, 5.41) is 19.5. The standard InChI is InChI=1S/C18H14N8O/c1-2-4-16(26-12-19-11-21-26)13(3-1)9-25-10-15(23-24-25)18-6-5-17(27-18)14-7-8-20-22-14/h1-8,10-12H,9H2,(H,20,22). The fraction of sp³-hybridized carbons (Fsp3) is 0.0556. The number of nitrogens with zero attached hydrogens (tertiary/aromatic N) is 7. The van der Waals surface area contributed by atoms with E-state index in [1.165, 1.54) is 6.33 Å². The van der Waals surface area contributed by atoms with E-state index in [4.69, 9.17) is 4.42 Å². The summed E-state index contributed by atoms with van der Waals surface area (Å²) in [4.78, 5) is 4.01. The smallest absolute Gasteiger partial charge is 0.156 e. The highest BCUT2D eigenvalue weighted by atomic mass is 16.3. The molecule has 0 bridgehead atoms. The maximum atomic E-state index is 5.85. The van der Waals surface area contributed by atoms with Gasteiger partial charge in [-0.15, -0.1) is 5.10 Å². The van der Waals surface area contributed by atoms with Crippen molar-refractivity contribution >= 4 is 0 Å². The van der Waals surface area contributed by atoms with Gasteiger partial charge in [-0.1, -0.05) is 23.4 Å². The van der Waals surface area contributed by atoms with Gasteiger partial charge in [-0.2, -0.15) is 10.2 Å². The Morgan fingerprint density at radius 3 is 2.81 bits per heavy atom. The van der Waals surface area contributed by atoms with Crippen LogP contribution >= 0.6 is 0 Å². The van der Waals surface area contributed by atoms with Crippen molar-refractivity contribution in [2.24, 2.45) is 0 Å². The summed E-state index contributed by atoms with van der Waals surface area (Å²) >= 11 is 0. The molecule has 27 heavy (non-hydrogen) atoms. The second kappa shape index (κ2) is 6.37. The summed E-state index contributed by atoms with van der Waals surface area (Å²) in [6.07, 6.45) is 6.72. The molecule has 5 aromatic rings. The van der Waals surface area contributed by atoms with E-state index in [0.29, 0.717) is 23.8 Å². The van der Waals surface area contributed by atoms with E-state index in [2.05, 4.69) is 30.6 Å². The van der Waals surface area contributed by atoms with Gasteiger partial charge in [0.1, 0.15) is 24.0 Å². The van der Waals surface area contributed by atoms with Crippen LogP contribution in [0.15, 0.2) is 71.9 Å². The van der Waals surface area contributed by atoms with Gasteiger partial charge < -0.3 is 4.42 Å². The Balaban J connectivity index is 1.41. The third-order valence-corrected chi connectivity index (χ3v) is 4.15. The van der Waals surface area contributed by atoms with E-state index in [9.17, 15) is 0 Å². The minimum absolute atomic E-state index is 0.553. The maximum Gasteiger partial charge on any atom is 0.156 e. The van der Waals surface area contributed by atoms with Crippen molar-refractivity contribution in [2.45, 2.75) is 6.54 Å². The van der Waals surface area contributed by atoms with E-state index in [1.54, 1.807) is 21.9 Å². The first-order valence-electron chi connectivity index (χ1n) is 8.30. The molecule has 132 valence electrons. The molecule has 4 heterocycles. The van der Waals surface area contributed by atoms with E-state index >= 15 is 0 Å². The highest BCUT2D eigenvalue weighted by Gasteiger charge is 2.12. The SMILES string of the molecule is c1ccc(-n2cncn2)c(Cn2cc(-c3ccc(-c4ccn[nH]4)o3)nn2)c1. The van der Waals surface area contributed by atoms with Gasteiger partial charge in [0, 0.05) is 6.20 Å². The van der Waals surface area contributed by atoms with Crippen molar-refractivity contribution in [2.75, 3.05) is 0 Å². The highest BCUT2D eigenvalue weighted by molar-refractivity contribution is 5.59. The minimum Gasteiger partial charge on any atom is -0.453 e. The van der Waals surface area contributed by atoms with Gasteiger partial charge in [-0.05, 0) is 29.8 Å². The summed E-state index contributed by atoms with van der Waals surface area (Å²) in [6.45, 7) is 0.553. The van der Waals surface area contributed by atoms with Crippen molar-refractivity contribution in [3.8, 4) is 28.6 Å². The van der Waals surface area contributed by atoms with Crippen LogP contribution in [0.4, 0.5) is 0 Å². The van der Waals surface area contributed by atoms with Gasteiger partial charge in [0.25, 0.3) is 0 Å². The molecule has 4 aromatic heterocycles. The summed E-state index contributed by atoms with van der Waals surface area (Å²) < 4.78 is 9.35. The molecule has 9 heteroatoms. The van der Waals surface area contributed by atoms with Crippen LogP contribution in [0.1, 0.15) is 5.56 Å². The van der Waals surface area contributed by atoms with Crippen LogP contribution in [0.25, 0.3) is 28.6 Å². The first-order chi connectivity index (χ1) is 13.4.